The zero-order valence-corrected chi connectivity index (χ0v) is 14.2. The molecule has 0 radical (unpaired) electrons. The lowest BCUT2D eigenvalue weighted by Crippen LogP contribution is -2.43. The third-order valence-corrected chi connectivity index (χ3v) is 6.96. The molecule has 0 aromatic carbocycles. The zero-order chi connectivity index (χ0) is 16.6. The third kappa shape index (κ3) is 2.66. The summed E-state index contributed by atoms with van der Waals surface area (Å²) in [6.07, 6.45) is 6.65. The zero-order valence-electron chi connectivity index (χ0n) is 13.4. The molecule has 4 rings (SSSR count). The quantitative estimate of drug-likeness (QED) is 0.853. The van der Waals surface area contributed by atoms with Gasteiger partial charge >= 0.3 is 0 Å². The fourth-order valence-electron chi connectivity index (χ4n) is 3.80. The van der Waals surface area contributed by atoms with Gasteiger partial charge in [0.2, 0.25) is 0 Å². The Bertz CT molecular complexity index is 777. The summed E-state index contributed by atoms with van der Waals surface area (Å²) in [5.74, 6) is 0.727. The Morgan fingerprint density at radius 3 is 2.42 bits per heavy atom. The van der Waals surface area contributed by atoms with E-state index in [0.717, 1.165) is 37.1 Å². The molecule has 2 atom stereocenters. The van der Waals surface area contributed by atoms with Crippen molar-refractivity contribution in [2.75, 3.05) is 13.1 Å². The van der Waals surface area contributed by atoms with Crippen molar-refractivity contribution in [3.8, 4) is 0 Å². The van der Waals surface area contributed by atoms with Gasteiger partial charge in [-0.05, 0) is 49.9 Å². The summed E-state index contributed by atoms with van der Waals surface area (Å²) in [4.78, 5) is 4.38. The van der Waals surface area contributed by atoms with Gasteiger partial charge in [0.15, 0.2) is 0 Å². The Kier molecular flexibility index (Phi) is 4.15. The smallest absolute Gasteiger partial charge is 0.283 e. The molecule has 0 amide bonds. The topological polar surface area (TPSA) is 66.7 Å². The molecule has 24 heavy (non-hydrogen) atoms. The maximum absolute atomic E-state index is 13.3. The first-order chi connectivity index (χ1) is 11.7. The van der Waals surface area contributed by atoms with Gasteiger partial charge in [-0.3, -0.25) is 4.98 Å². The summed E-state index contributed by atoms with van der Waals surface area (Å²) in [5, 5.41) is 0. The molecule has 2 aliphatic heterocycles. The van der Waals surface area contributed by atoms with Crippen molar-refractivity contribution in [1.29, 1.82) is 0 Å². The first-order valence-electron chi connectivity index (χ1n) is 8.41. The van der Waals surface area contributed by atoms with Gasteiger partial charge in [0.05, 0.1) is 24.0 Å². The second-order valence-corrected chi connectivity index (χ2v) is 8.15. The van der Waals surface area contributed by atoms with Crippen molar-refractivity contribution in [1.82, 2.24) is 13.6 Å². The van der Waals surface area contributed by atoms with Crippen molar-refractivity contribution in [2.45, 2.75) is 37.8 Å². The molecule has 2 aromatic heterocycles. The lowest BCUT2D eigenvalue weighted by Gasteiger charge is -2.31. The van der Waals surface area contributed by atoms with Crippen LogP contribution in [0.25, 0.3) is 0 Å². The summed E-state index contributed by atoms with van der Waals surface area (Å²) in [7, 11) is -3.54. The molecule has 6 nitrogen and oxygen atoms in total. The van der Waals surface area contributed by atoms with Gasteiger partial charge in [0.1, 0.15) is 5.76 Å². The van der Waals surface area contributed by atoms with Crippen LogP contribution in [0.5, 0.6) is 0 Å². The highest BCUT2D eigenvalue weighted by Gasteiger charge is 2.44. The molecule has 0 bridgehead atoms. The maximum Gasteiger partial charge on any atom is 0.283 e. The second-order valence-electron chi connectivity index (χ2n) is 6.32. The fraction of sp³-hybridized carbons (Fsp3) is 0.471. The van der Waals surface area contributed by atoms with E-state index < -0.39 is 10.2 Å². The van der Waals surface area contributed by atoms with Gasteiger partial charge in [0.25, 0.3) is 10.2 Å². The van der Waals surface area contributed by atoms with Crippen LogP contribution in [0.15, 0.2) is 47.2 Å². The van der Waals surface area contributed by atoms with E-state index in [2.05, 4.69) is 4.98 Å². The molecule has 0 N–H and O–H groups in total. The molecule has 0 saturated carbocycles. The van der Waals surface area contributed by atoms with Crippen LogP contribution in [0.3, 0.4) is 0 Å². The van der Waals surface area contributed by atoms with E-state index in [-0.39, 0.29) is 12.1 Å². The van der Waals surface area contributed by atoms with Gasteiger partial charge in [-0.1, -0.05) is 6.07 Å². The van der Waals surface area contributed by atoms with Crippen LogP contribution >= 0.6 is 0 Å². The standard InChI is InChI=1S/C17H21N3O3S/c21-24(22,20-12-4-8-16(20)17-9-5-13-23-17)19-11-3-7-15(19)14-6-1-2-10-18-14/h1-2,5-6,9-10,13,15-16H,3-4,7-8,11-12H2. The van der Waals surface area contributed by atoms with Crippen LogP contribution < -0.4 is 0 Å². The van der Waals surface area contributed by atoms with Crippen LogP contribution in [-0.2, 0) is 10.2 Å². The van der Waals surface area contributed by atoms with Gasteiger partial charge in [-0.15, -0.1) is 0 Å². The Balaban J connectivity index is 1.64. The molecule has 2 saturated heterocycles. The highest BCUT2D eigenvalue weighted by Crippen LogP contribution is 2.40. The normalized spacial score (nSPS) is 26.2. The van der Waals surface area contributed by atoms with E-state index >= 15 is 0 Å². The number of aromatic nitrogens is 1. The minimum Gasteiger partial charge on any atom is -0.468 e. The summed E-state index contributed by atoms with van der Waals surface area (Å²) >= 11 is 0. The Labute approximate surface area is 142 Å². The van der Waals surface area contributed by atoms with E-state index in [4.69, 9.17) is 4.42 Å². The van der Waals surface area contributed by atoms with E-state index in [1.165, 1.54) is 0 Å². The molecular weight excluding hydrogens is 326 g/mol. The maximum atomic E-state index is 13.3. The lowest BCUT2D eigenvalue weighted by molar-refractivity contribution is 0.293. The number of nitrogens with zero attached hydrogens (tertiary/aromatic N) is 3. The van der Waals surface area contributed by atoms with Crippen molar-refractivity contribution in [2.24, 2.45) is 0 Å². The largest absolute Gasteiger partial charge is 0.468 e. The van der Waals surface area contributed by atoms with Crippen LogP contribution in [0.4, 0.5) is 0 Å². The molecule has 128 valence electrons. The molecule has 2 fully saturated rings. The Hall–Kier alpha value is -1.70. The molecule has 4 heterocycles. The molecule has 2 unspecified atom stereocenters. The molecule has 7 heteroatoms. The van der Waals surface area contributed by atoms with Crippen LogP contribution in [0.1, 0.15) is 49.2 Å². The number of hydrogen-bond acceptors (Lipinski definition) is 4. The lowest BCUT2D eigenvalue weighted by atomic mass is 10.1. The molecule has 2 aromatic rings. The average molecular weight is 347 g/mol. The highest BCUT2D eigenvalue weighted by molar-refractivity contribution is 7.86. The SMILES string of the molecule is O=S(=O)(N1CCCC1c1ccccn1)N1CCCC1c1ccco1. The van der Waals surface area contributed by atoms with Crippen molar-refractivity contribution in [3.63, 3.8) is 0 Å². The number of pyridine rings is 1. The Morgan fingerprint density at radius 2 is 1.75 bits per heavy atom. The van der Waals surface area contributed by atoms with E-state index in [9.17, 15) is 8.42 Å². The molecule has 2 aliphatic rings. The van der Waals surface area contributed by atoms with Gasteiger partial charge in [0, 0.05) is 19.3 Å². The Morgan fingerprint density at radius 1 is 1.00 bits per heavy atom. The van der Waals surface area contributed by atoms with Crippen molar-refractivity contribution < 1.29 is 12.8 Å². The predicted octanol–water partition coefficient (Wildman–Crippen LogP) is 2.89. The fourth-order valence-corrected chi connectivity index (χ4v) is 5.86. The monoisotopic (exact) mass is 347 g/mol. The summed E-state index contributed by atoms with van der Waals surface area (Å²) < 4.78 is 35.3. The summed E-state index contributed by atoms with van der Waals surface area (Å²) in [5.41, 5.74) is 0.826. The second kappa shape index (κ2) is 6.31. The third-order valence-electron chi connectivity index (χ3n) is 4.90. The van der Waals surface area contributed by atoms with Gasteiger partial charge in [-0.25, -0.2) is 0 Å². The van der Waals surface area contributed by atoms with E-state index in [1.54, 1.807) is 21.1 Å². The minimum atomic E-state index is -3.54. The number of rotatable bonds is 4. The molecule has 0 aliphatic carbocycles. The summed E-state index contributed by atoms with van der Waals surface area (Å²) in [6, 6.07) is 8.97. The highest BCUT2D eigenvalue weighted by atomic mass is 32.2. The van der Waals surface area contributed by atoms with Crippen LogP contribution in [-0.4, -0.2) is 35.1 Å². The predicted molar refractivity (Wildman–Crippen MR) is 89.2 cm³/mol. The first-order valence-corrected chi connectivity index (χ1v) is 9.80. The minimum absolute atomic E-state index is 0.172. The molecule has 0 spiro atoms. The first kappa shape index (κ1) is 15.8. The number of furan rings is 1. The van der Waals surface area contributed by atoms with Crippen LogP contribution in [0, 0.1) is 0 Å². The van der Waals surface area contributed by atoms with Crippen molar-refractivity contribution in [3.05, 3.63) is 54.2 Å². The average Bonchev–Trinajstić information content (AvgIpc) is 3.35. The van der Waals surface area contributed by atoms with Crippen molar-refractivity contribution >= 4 is 10.2 Å². The summed E-state index contributed by atoms with van der Waals surface area (Å²) in [6.45, 7) is 1.09. The number of hydrogen-bond donors (Lipinski definition) is 0. The van der Waals surface area contributed by atoms with Gasteiger partial charge in [-0.2, -0.15) is 17.0 Å². The van der Waals surface area contributed by atoms with E-state index in [1.807, 2.05) is 30.3 Å². The van der Waals surface area contributed by atoms with Gasteiger partial charge < -0.3 is 4.42 Å². The van der Waals surface area contributed by atoms with Crippen LogP contribution in [0.2, 0.25) is 0 Å². The molecular formula is C17H21N3O3S. The van der Waals surface area contributed by atoms with E-state index in [0.29, 0.717) is 13.1 Å².